The Hall–Kier alpha value is -3.41. The molecule has 0 amide bonds. The van der Waals surface area contributed by atoms with E-state index in [0.29, 0.717) is 19.3 Å². The van der Waals surface area contributed by atoms with Crippen LogP contribution in [0.5, 0.6) is 0 Å². The predicted octanol–water partition coefficient (Wildman–Crippen LogP) is 18.0. The number of hydrogen-bond acceptors (Lipinski definition) is 6. The molecule has 0 aromatic carbocycles. The van der Waals surface area contributed by atoms with Crippen molar-refractivity contribution < 1.29 is 28.6 Å². The van der Waals surface area contributed by atoms with Crippen molar-refractivity contribution in [3.05, 3.63) is 85.1 Å². The van der Waals surface area contributed by atoms with Gasteiger partial charge in [0.05, 0.1) is 0 Å². The van der Waals surface area contributed by atoms with Gasteiger partial charge in [0.2, 0.25) is 0 Å². The summed E-state index contributed by atoms with van der Waals surface area (Å²) in [6, 6.07) is 0. The van der Waals surface area contributed by atoms with Crippen LogP contribution in [0.1, 0.15) is 252 Å². The standard InChI is InChI=1S/C59H100O6/c1-4-7-10-13-16-19-22-25-28-29-30-32-34-37-40-43-46-49-52-58(61)64-55-56(54-63-57(60)51-48-45-42-39-36-33-27-24-21-18-15-12-9-6-3)65-59(62)53-50-47-44-41-38-35-31-26-23-20-17-14-11-8-5-2/h8,11,15,17-20,22,24,26-29,31,56H,4-7,9-10,12-14,16,21,23,25,30,32-55H2,1-3H3/b11-8-,18-15-,20-17-,22-19-,27-24-,29-28-,31-26-. The summed E-state index contributed by atoms with van der Waals surface area (Å²) in [5, 5.41) is 0. The highest BCUT2D eigenvalue weighted by molar-refractivity contribution is 5.71. The molecular formula is C59H100O6. The second-order valence-electron chi connectivity index (χ2n) is 17.7. The molecule has 0 saturated carbocycles. The van der Waals surface area contributed by atoms with Crippen LogP contribution in [0.2, 0.25) is 0 Å². The molecule has 0 fully saturated rings. The zero-order valence-electron chi connectivity index (χ0n) is 42.5. The lowest BCUT2D eigenvalue weighted by Gasteiger charge is -2.18. The van der Waals surface area contributed by atoms with E-state index >= 15 is 0 Å². The highest BCUT2D eigenvalue weighted by atomic mass is 16.6. The van der Waals surface area contributed by atoms with Crippen LogP contribution in [0.25, 0.3) is 0 Å². The Morgan fingerprint density at radius 1 is 0.323 bits per heavy atom. The van der Waals surface area contributed by atoms with Crippen molar-refractivity contribution >= 4 is 17.9 Å². The number of hydrogen-bond donors (Lipinski definition) is 0. The molecule has 1 unspecified atom stereocenters. The van der Waals surface area contributed by atoms with Crippen LogP contribution < -0.4 is 0 Å². The highest BCUT2D eigenvalue weighted by Gasteiger charge is 2.19. The third-order valence-corrected chi connectivity index (χ3v) is 11.4. The second-order valence-corrected chi connectivity index (χ2v) is 17.7. The van der Waals surface area contributed by atoms with Gasteiger partial charge in [0.15, 0.2) is 6.10 Å². The van der Waals surface area contributed by atoms with Crippen molar-refractivity contribution in [1.82, 2.24) is 0 Å². The Kier molecular flexibility index (Phi) is 50.4. The monoisotopic (exact) mass is 905 g/mol. The lowest BCUT2D eigenvalue weighted by molar-refractivity contribution is -0.167. The third-order valence-electron chi connectivity index (χ3n) is 11.4. The molecule has 0 aromatic heterocycles. The SMILES string of the molecule is CC/C=C\C/C=C\C/C=C\CCCCCCCC(=O)OC(COC(=O)CCCCCCC/C=C\C/C=C\CCCC)COC(=O)CCCCCCCCC/C=C\C/C=C\CCCCCC. The van der Waals surface area contributed by atoms with Crippen molar-refractivity contribution in [2.45, 2.75) is 258 Å². The molecule has 0 N–H and O–H groups in total. The first-order chi connectivity index (χ1) is 32.0. The van der Waals surface area contributed by atoms with Crippen LogP contribution in [-0.2, 0) is 28.6 Å². The topological polar surface area (TPSA) is 78.9 Å². The molecule has 6 heteroatoms. The summed E-state index contributed by atoms with van der Waals surface area (Å²) in [7, 11) is 0. The van der Waals surface area contributed by atoms with Gasteiger partial charge >= 0.3 is 17.9 Å². The Morgan fingerprint density at radius 2 is 0.615 bits per heavy atom. The van der Waals surface area contributed by atoms with Gasteiger partial charge in [0.25, 0.3) is 0 Å². The van der Waals surface area contributed by atoms with E-state index < -0.39 is 6.10 Å². The summed E-state index contributed by atoms with van der Waals surface area (Å²) in [6.45, 7) is 6.44. The molecule has 1 atom stereocenters. The molecule has 0 heterocycles. The molecular weight excluding hydrogens is 805 g/mol. The van der Waals surface area contributed by atoms with Gasteiger partial charge in [0, 0.05) is 19.3 Å². The number of carbonyl (C=O) groups is 3. The molecule has 0 aromatic rings. The van der Waals surface area contributed by atoms with Crippen LogP contribution in [0.15, 0.2) is 85.1 Å². The van der Waals surface area contributed by atoms with Gasteiger partial charge in [-0.1, -0.05) is 209 Å². The molecule has 0 aliphatic heterocycles. The normalized spacial score (nSPS) is 12.7. The largest absolute Gasteiger partial charge is 0.462 e. The summed E-state index contributed by atoms with van der Waals surface area (Å²) in [4.78, 5) is 38.1. The molecule has 0 spiro atoms. The van der Waals surface area contributed by atoms with E-state index in [2.05, 4.69) is 106 Å². The fourth-order valence-corrected chi connectivity index (χ4v) is 7.27. The Morgan fingerprint density at radius 3 is 0.985 bits per heavy atom. The average molecular weight is 905 g/mol. The maximum atomic E-state index is 12.8. The van der Waals surface area contributed by atoms with E-state index in [1.165, 1.54) is 77.0 Å². The van der Waals surface area contributed by atoms with E-state index in [9.17, 15) is 14.4 Å². The van der Waals surface area contributed by atoms with Gasteiger partial charge in [-0.2, -0.15) is 0 Å². The number of unbranched alkanes of at least 4 members (excludes halogenated alkanes) is 23. The molecule has 6 nitrogen and oxygen atoms in total. The number of esters is 3. The Balaban J connectivity index is 4.44. The zero-order chi connectivity index (χ0) is 47.2. The Bertz CT molecular complexity index is 1270. The zero-order valence-corrected chi connectivity index (χ0v) is 42.5. The van der Waals surface area contributed by atoms with Crippen LogP contribution in [0, 0.1) is 0 Å². The van der Waals surface area contributed by atoms with Crippen LogP contribution in [-0.4, -0.2) is 37.2 Å². The third kappa shape index (κ3) is 51.4. The summed E-state index contributed by atoms with van der Waals surface area (Å²) < 4.78 is 16.8. The number of allylic oxidation sites excluding steroid dienone is 14. The minimum atomic E-state index is -0.795. The van der Waals surface area contributed by atoms with Crippen molar-refractivity contribution in [2.24, 2.45) is 0 Å². The Labute approximate surface area is 401 Å². The van der Waals surface area contributed by atoms with Gasteiger partial charge in [-0.15, -0.1) is 0 Å². The molecule has 0 rings (SSSR count). The molecule has 0 aliphatic rings. The first kappa shape index (κ1) is 61.6. The first-order valence-electron chi connectivity index (χ1n) is 27.1. The van der Waals surface area contributed by atoms with Crippen LogP contribution in [0.4, 0.5) is 0 Å². The average Bonchev–Trinajstić information content (AvgIpc) is 3.30. The molecule has 0 radical (unpaired) electrons. The molecule has 0 aliphatic carbocycles. The molecule has 372 valence electrons. The summed E-state index contributed by atoms with van der Waals surface area (Å²) in [5.41, 5.74) is 0. The predicted molar refractivity (Wildman–Crippen MR) is 279 cm³/mol. The summed E-state index contributed by atoms with van der Waals surface area (Å²) in [6.07, 6.45) is 68.5. The van der Waals surface area contributed by atoms with E-state index in [-0.39, 0.29) is 31.1 Å². The maximum absolute atomic E-state index is 12.8. The minimum Gasteiger partial charge on any atom is -0.462 e. The molecule has 0 bridgehead atoms. The van der Waals surface area contributed by atoms with Gasteiger partial charge < -0.3 is 14.2 Å². The minimum absolute atomic E-state index is 0.0928. The fraction of sp³-hybridized carbons (Fsp3) is 0.712. The summed E-state index contributed by atoms with van der Waals surface area (Å²) in [5.74, 6) is -0.930. The van der Waals surface area contributed by atoms with Gasteiger partial charge in [-0.3, -0.25) is 14.4 Å². The lowest BCUT2D eigenvalue weighted by atomic mass is 10.1. The van der Waals surface area contributed by atoms with E-state index in [4.69, 9.17) is 14.2 Å². The first-order valence-corrected chi connectivity index (χ1v) is 27.1. The lowest BCUT2D eigenvalue weighted by Crippen LogP contribution is -2.30. The molecule has 65 heavy (non-hydrogen) atoms. The molecule has 0 saturated heterocycles. The van der Waals surface area contributed by atoms with Crippen molar-refractivity contribution in [2.75, 3.05) is 13.2 Å². The fourth-order valence-electron chi connectivity index (χ4n) is 7.27. The number of carbonyl (C=O) groups excluding carboxylic acids is 3. The van der Waals surface area contributed by atoms with Crippen molar-refractivity contribution in [3.8, 4) is 0 Å². The van der Waals surface area contributed by atoms with E-state index in [1.807, 2.05) is 0 Å². The number of rotatable bonds is 48. The van der Waals surface area contributed by atoms with Gasteiger partial charge in [-0.05, 0) is 109 Å². The summed E-state index contributed by atoms with van der Waals surface area (Å²) >= 11 is 0. The van der Waals surface area contributed by atoms with E-state index in [0.717, 1.165) is 135 Å². The highest BCUT2D eigenvalue weighted by Crippen LogP contribution is 2.14. The van der Waals surface area contributed by atoms with Crippen LogP contribution >= 0.6 is 0 Å². The van der Waals surface area contributed by atoms with Gasteiger partial charge in [0.1, 0.15) is 13.2 Å². The number of ether oxygens (including phenoxy) is 3. The quantitative estimate of drug-likeness (QED) is 0.0262. The van der Waals surface area contributed by atoms with Crippen LogP contribution in [0.3, 0.4) is 0 Å². The maximum Gasteiger partial charge on any atom is 0.306 e. The van der Waals surface area contributed by atoms with Gasteiger partial charge in [-0.25, -0.2) is 0 Å². The smallest absolute Gasteiger partial charge is 0.306 e. The van der Waals surface area contributed by atoms with E-state index in [1.54, 1.807) is 0 Å². The second kappa shape index (κ2) is 53.2. The van der Waals surface area contributed by atoms with Crippen molar-refractivity contribution in [3.63, 3.8) is 0 Å². The van der Waals surface area contributed by atoms with Crippen molar-refractivity contribution in [1.29, 1.82) is 0 Å².